The smallest absolute Gasteiger partial charge is 0.0628 e. The molecule has 2 N–H and O–H groups in total. The van der Waals surface area contributed by atoms with Crippen LogP contribution in [0.25, 0.3) is 0 Å². The molecule has 2 aromatic rings. The van der Waals surface area contributed by atoms with Crippen molar-refractivity contribution in [2.45, 2.75) is 53.0 Å². The fraction of sp³-hybridized carbons (Fsp3) is 0.500. The highest BCUT2D eigenvalue weighted by Crippen LogP contribution is 2.16. The van der Waals surface area contributed by atoms with Crippen LogP contribution in [-0.4, -0.2) is 15.8 Å². The van der Waals surface area contributed by atoms with Gasteiger partial charge in [-0.15, -0.1) is 0 Å². The van der Waals surface area contributed by atoms with Gasteiger partial charge in [0.2, 0.25) is 0 Å². The van der Waals surface area contributed by atoms with E-state index in [2.05, 4.69) is 51.0 Å². The van der Waals surface area contributed by atoms with Crippen LogP contribution < -0.4 is 5.73 Å². The first-order chi connectivity index (χ1) is 9.86. The lowest BCUT2D eigenvalue weighted by atomic mass is 9.97. The summed E-state index contributed by atoms with van der Waals surface area (Å²) in [4.78, 5) is 0. The van der Waals surface area contributed by atoms with Gasteiger partial charge in [0.05, 0.1) is 5.69 Å². The second-order valence-corrected chi connectivity index (χ2v) is 6.27. The van der Waals surface area contributed by atoms with Crippen molar-refractivity contribution in [2.24, 2.45) is 12.8 Å². The molecule has 0 amide bonds. The highest BCUT2D eigenvalue weighted by Gasteiger charge is 2.12. The average Bonchev–Trinajstić information content (AvgIpc) is 2.60. The zero-order valence-electron chi connectivity index (χ0n) is 13.9. The van der Waals surface area contributed by atoms with Crippen LogP contribution in [0.15, 0.2) is 18.2 Å². The Hall–Kier alpha value is -1.61. The van der Waals surface area contributed by atoms with Gasteiger partial charge in [0, 0.05) is 18.8 Å². The third-order valence-electron chi connectivity index (χ3n) is 4.20. The molecular formula is C18H27N3. The fourth-order valence-electron chi connectivity index (χ4n) is 3.10. The van der Waals surface area contributed by atoms with Crippen LogP contribution in [0.2, 0.25) is 0 Å². The molecular weight excluding hydrogens is 258 g/mol. The van der Waals surface area contributed by atoms with Gasteiger partial charge in [-0.2, -0.15) is 5.10 Å². The minimum atomic E-state index is 0.199. The third kappa shape index (κ3) is 3.94. The van der Waals surface area contributed by atoms with Crippen LogP contribution in [0.5, 0.6) is 0 Å². The first-order valence-electron chi connectivity index (χ1n) is 7.68. The van der Waals surface area contributed by atoms with Crippen molar-refractivity contribution >= 4 is 0 Å². The number of hydrogen-bond acceptors (Lipinski definition) is 2. The molecule has 0 saturated heterocycles. The third-order valence-corrected chi connectivity index (χ3v) is 4.20. The number of aryl methyl sites for hydroxylation is 4. The standard InChI is InChI=1S/C18H27N3/c1-12-8-13(2)10-16(9-12)11-17(19)6-7-18-14(3)20-21(5)15(18)4/h8-10,17H,6-7,11,19H2,1-5H3. The van der Waals surface area contributed by atoms with Crippen molar-refractivity contribution in [3.05, 3.63) is 51.8 Å². The minimum Gasteiger partial charge on any atom is -0.327 e. The lowest BCUT2D eigenvalue weighted by molar-refractivity contribution is 0.607. The van der Waals surface area contributed by atoms with Crippen molar-refractivity contribution in [3.63, 3.8) is 0 Å². The lowest BCUT2D eigenvalue weighted by Crippen LogP contribution is -2.23. The Morgan fingerprint density at radius 3 is 2.24 bits per heavy atom. The second-order valence-electron chi connectivity index (χ2n) is 6.27. The average molecular weight is 285 g/mol. The molecule has 0 bridgehead atoms. The molecule has 0 fully saturated rings. The Morgan fingerprint density at radius 1 is 1.10 bits per heavy atom. The van der Waals surface area contributed by atoms with Crippen molar-refractivity contribution < 1.29 is 0 Å². The molecule has 0 saturated carbocycles. The molecule has 0 aliphatic heterocycles. The van der Waals surface area contributed by atoms with Gasteiger partial charge in [-0.1, -0.05) is 29.3 Å². The normalized spacial score (nSPS) is 12.7. The van der Waals surface area contributed by atoms with Gasteiger partial charge in [-0.05, 0) is 58.1 Å². The van der Waals surface area contributed by atoms with Crippen LogP contribution in [-0.2, 0) is 19.9 Å². The molecule has 21 heavy (non-hydrogen) atoms. The maximum atomic E-state index is 6.33. The minimum absolute atomic E-state index is 0.199. The van der Waals surface area contributed by atoms with E-state index < -0.39 is 0 Å². The number of benzene rings is 1. The van der Waals surface area contributed by atoms with Gasteiger partial charge >= 0.3 is 0 Å². The summed E-state index contributed by atoms with van der Waals surface area (Å²) >= 11 is 0. The number of aromatic nitrogens is 2. The van der Waals surface area contributed by atoms with Gasteiger partial charge in [0.1, 0.15) is 0 Å². The number of nitrogens with two attached hydrogens (primary N) is 1. The maximum Gasteiger partial charge on any atom is 0.0628 e. The highest BCUT2D eigenvalue weighted by atomic mass is 15.3. The molecule has 3 heteroatoms. The molecule has 1 unspecified atom stereocenters. The van der Waals surface area contributed by atoms with Crippen LogP contribution >= 0.6 is 0 Å². The van der Waals surface area contributed by atoms with Crippen molar-refractivity contribution in [1.82, 2.24) is 9.78 Å². The van der Waals surface area contributed by atoms with E-state index in [0.717, 1.165) is 25.0 Å². The van der Waals surface area contributed by atoms with Crippen molar-refractivity contribution in [1.29, 1.82) is 0 Å². The second kappa shape index (κ2) is 6.44. The van der Waals surface area contributed by atoms with E-state index in [-0.39, 0.29) is 6.04 Å². The summed E-state index contributed by atoms with van der Waals surface area (Å²) < 4.78 is 1.96. The van der Waals surface area contributed by atoms with Gasteiger partial charge in [0.25, 0.3) is 0 Å². The van der Waals surface area contributed by atoms with Crippen LogP contribution in [0.4, 0.5) is 0 Å². The van der Waals surface area contributed by atoms with Gasteiger partial charge in [-0.3, -0.25) is 4.68 Å². The zero-order valence-corrected chi connectivity index (χ0v) is 13.9. The van der Waals surface area contributed by atoms with E-state index in [0.29, 0.717) is 0 Å². The molecule has 1 aromatic carbocycles. The largest absolute Gasteiger partial charge is 0.327 e. The lowest BCUT2D eigenvalue weighted by Gasteiger charge is -2.13. The van der Waals surface area contributed by atoms with E-state index in [1.54, 1.807) is 0 Å². The first-order valence-corrected chi connectivity index (χ1v) is 7.68. The van der Waals surface area contributed by atoms with Gasteiger partial charge in [-0.25, -0.2) is 0 Å². The quantitative estimate of drug-likeness (QED) is 0.917. The van der Waals surface area contributed by atoms with E-state index in [4.69, 9.17) is 5.73 Å². The summed E-state index contributed by atoms with van der Waals surface area (Å²) in [6, 6.07) is 6.89. The van der Waals surface area contributed by atoms with Gasteiger partial charge < -0.3 is 5.73 Å². The number of hydrogen-bond donors (Lipinski definition) is 1. The zero-order chi connectivity index (χ0) is 15.6. The molecule has 1 aromatic heterocycles. The molecule has 114 valence electrons. The fourth-order valence-corrected chi connectivity index (χ4v) is 3.10. The molecule has 2 rings (SSSR count). The first kappa shape index (κ1) is 15.8. The van der Waals surface area contributed by atoms with E-state index in [9.17, 15) is 0 Å². The number of nitrogens with zero attached hydrogens (tertiary/aromatic N) is 2. The Labute approximate surface area is 128 Å². The predicted molar refractivity (Wildman–Crippen MR) is 88.6 cm³/mol. The molecule has 0 aliphatic carbocycles. The summed E-state index contributed by atoms with van der Waals surface area (Å²) in [5.41, 5.74) is 14.1. The highest BCUT2D eigenvalue weighted by molar-refractivity contribution is 5.29. The Bertz CT molecular complexity index is 605. The van der Waals surface area contributed by atoms with E-state index >= 15 is 0 Å². The van der Waals surface area contributed by atoms with Gasteiger partial charge in [0.15, 0.2) is 0 Å². The summed E-state index contributed by atoms with van der Waals surface area (Å²) in [5, 5.41) is 4.47. The molecule has 0 aliphatic rings. The topological polar surface area (TPSA) is 43.8 Å². The van der Waals surface area contributed by atoms with Crippen LogP contribution in [0, 0.1) is 27.7 Å². The summed E-state index contributed by atoms with van der Waals surface area (Å²) in [7, 11) is 2.00. The van der Waals surface area contributed by atoms with E-state index in [1.165, 1.54) is 27.9 Å². The Morgan fingerprint density at radius 2 is 1.71 bits per heavy atom. The Balaban J connectivity index is 1.97. The van der Waals surface area contributed by atoms with E-state index in [1.807, 2.05) is 11.7 Å². The molecule has 0 radical (unpaired) electrons. The summed E-state index contributed by atoms with van der Waals surface area (Å²) in [5.74, 6) is 0. The molecule has 1 heterocycles. The monoisotopic (exact) mass is 285 g/mol. The summed E-state index contributed by atoms with van der Waals surface area (Å²) in [6.07, 6.45) is 2.96. The molecule has 1 atom stereocenters. The Kier molecular flexibility index (Phi) is 4.84. The maximum absolute atomic E-state index is 6.33. The summed E-state index contributed by atoms with van der Waals surface area (Å²) in [6.45, 7) is 8.50. The van der Waals surface area contributed by atoms with Crippen molar-refractivity contribution in [2.75, 3.05) is 0 Å². The van der Waals surface area contributed by atoms with Crippen LogP contribution in [0.3, 0.4) is 0 Å². The molecule has 3 nitrogen and oxygen atoms in total. The number of rotatable bonds is 5. The van der Waals surface area contributed by atoms with Crippen molar-refractivity contribution in [3.8, 4) is 0 Å². The SMILES string of the molecule is Cc1cc(C)cc(CC(N)CCc2c(C)nn(C)c2C)c1. The van der Waals surface area contributed by atoms with Crippen LogP contribution in [0.1, 0.15) is 40.1 Å². The predicted octanol–water partition coefficient (Wildman–Crippen LogP) is 3.16. The molecule has 0 spiro atoms.